The predicted octanol–water partition coefficient (Wildman–Crippen LogP) is 1.74. The van der Waals surface area contributed by atoms with Crippen LogP contribution in [0.15, 0.2) is 0 Å². The minimum absolute atomic E-state index is 0. The predicted molar refractivity (Wildman–Crippen MR) is 76.9 cm³/mol. The van der Waals surface area contributed by atoms with E-state index in [0.717, 1.165) is 18.6 Å². The fourth-order valence-electron chi connectivity index (χ4n) is 2.04. The van der Waals surface area contributed by atoms with Crippen LogP contribution in [0.4, 0.5) is 0 Å². The van der Waals surface area contributed by atoms with Gasteiger partial charge in [0.15, 0.2) is 0 Å². The third kappa shape index (κ3) is 21.0. The van der Waals surface area contributed by atoms with Crippen molar-refractivity contribution in [3.8, 4) is 0 Å². The molecule has 0 amide bonds. The summed E-state index contributed by atoms with van der Waals surface area (Å²) < 4.78 is 29.3. The Labute approximate surface area is 131 Å². The molecule has 110 valence electrons. The summed E-state index contributed by atoms with van der Waals surface area (Å²) >= 11 is 0. The summed E-state index contributed by atoms with van der Waals surface area (Å²) in [6.07, 6.45) is 14.2. The molecule has 0 saturated carbocycles. The van der Waals surface area contributed by atoms with Gasteiger partial charge < -0.3 is 4.55 Å². The molecule has 19 heavy (non-hydrogen) atoms. The van der Waals surface area contributed by atoms with E-state index in [1.54, 1.807) is 0 Å². The molecule has 0 bridgehead atoms. The molecule has 3 nitrogen and oxygen atoms in total. The van der Waals surface area contributed by atoms with Gasteiger partial charge in [0, 0.05) is 0 Å². The topological polar surface area (TPSA) is 54.4 Å². The van der Waals surface area contributed by atoms with E-state index in [9.17, 15) is 8.42 Å². The van der Waals surface area contributed by atoms with Crippen molar-refractivity contribution in [1.82, 2.24) is 0 Å². The van der Waals surface area contributed by atoms with Crippen molar-refractivity contribution < 1.29 is 31.8 Å². The maximum Gasteiger partial charge on any atom is 1.00 e. The van der Waals surface area contributed by atoms with Gasteiger partial charge in [0.2, 0.25) is 0 Å². The summed E-state index contributed by atoms with van der Waals surface area (Å²) in [6.45, 7) is 2.24. The van der Waals surface area contributed by atoms with Gasteiger partial charge in [0.1, 0.15) is 10.1 Å². The standard InChI is InChI=1S/C14H29O3S.Li/c1-2-3-4-5-6-7-8-9-10-11-12-13-14-18(15,16)17;/h14H,2-13H2,1H3,(H,15,16,17);/q-1;+1. The van der Waals surface area contributed by atoms with Gasteiger partial charge in [-0.15, -0.1) is 0 Å². The molecule has 0 saturated heterocycles. The molecule has 0 aliphatic heterocycles. The SMILES string of the molecule is CCCCCCCCCCCCC[CH-]S(=O)(=O)O.[Li+]. The van der Waals surface area contributed by atoms with E-state index in [1.807, 2.05) is 0 Å². The van der Waals surface area contributed by atoms with Crippen LogP contribution in [0.2, 0.25) is 0 Å². The van der Waals surface area contributed by atoms with Crippen LogP contribution in [0.25, 0.3) is 0 Å². The molecule has 1 N–H and O–H groups in total. The molecule has 5 heteroatoms. The zero-order valence-corrected chi connectivity index (χ0v) is 13.6. The molecule has 0 unspecified atom stereocenters. The van der Waals surface area contributed by atoms with Crippen molar-refractivity contribution in [3.05, 3.63) is 5.75 Å². The Morgan fingerprint density at radius 2 is 1.16 bits per heavy atom. The third-order valence-corrected chi connectivity index (χ3v) is 3.79. The molecular formula is C14H29LiO3S. The Morgan fingerprint density at radius 3 is 1.53 bits per heavy atom. The van der Waals surface area contributed by atoms with E-state index in [4.69, 9.17) is 4.55 Å². The molecule has 0 atom stereocenters. The first kappa shape index (κ1) is 21.8. The fraction of sp³-hybridized carbons (Fsp3) is 0.929. The third-order valence-electron chi connectivity index (χ3n) is 3.14. The second-order valence-corrected chi connectivity index (χ2v) is 6.37. The maximum absolute atomic E-state index is 10.4. The average Bonchev–Trinajstić information content (AvgIpc) is 2.29. The van der Waals surface area contributed by atoms with Crippen molar-refractivity contribution in [2.24, 2.45) is 0 Å². The van der Waals surface area contributed by atoms with E-state index >= 15 is 0 Å². The maximum atomic E-state index is 10.4. The number of rotatable bonds is 13. The van der Waals surface area contributed by atoms with Crippen molar-refractivity contribution in [2.45, 2.75) is 84.0 Å². The van der Waals surface area contributed by atoms with Gasteiger partial charge in [0.05, 0.1) is 0 Å². The van der Waals surface area contributed by atoms with Crippen LogP contribution < -0.4 is 18.9 Å². The quantitative estimate of drug-likeness (QED) is 0.243. The van der Waals surface area contributed by atoms with Gasteiger partial charge in [-0.25, -0.2) is 8.42 Å². The van der Waals surface area contributed by atoms with Gasteiger partial charge in [-0.3, -0.25) is 0 Å². The number of hydrogen-bond acceptors (Lipinski definition) is 2. The molecule has 0 radical (unpaired) electrons. The summed E-state index contributed by atoms with van der Waals surface area (Å²) in [5.41, 5.74) is 0. The van der Waals surface area contributed by atoms with E-state index in [2.05, 4.69) is 6.92 Å². The molecule has 0 aliphatic rings. The van der Waals surface area contributed by atoms with Crippen LogP contribution in [0, 0.1) is 5.75 Å². The van der Waals surface area contributed by atoms with Crippen molar-refractivity contribution in [2.75, 3.05) is 0 Å². The molecule has 0 rings (SSSR count). The van der Waals surface area contributed by atoms with Crippen molar-refractivity contribution in [1.29, 1.82) is 0 Å². The van der Waals surface area contributed by atoms with Gasteiger partial charge >= 0.3 is 18.9 Å². The Bertz CT molecular complexity index is 266. The van der Waals surface area contributed by atoms with Gasteiger partial charge in [0.25, 0.3) is 0 Å². The van der Waals surface area contributed by atoms with Crippen LogP contribution in [-0.4, -0.2) is 13.0 Å². The van der Waals surface area contributed by atoms with E-state index < -0.39 is 10.1 Å². The molecule has 0 aromatic carbocycles. The molecule has 0 aliphatic carbocycles. The van der Waals surface area contributed by atoms with Gasteiger partial charge in [-0.05, 0) is 0 Å². The van der Waals surface area contributed by atoms with Gasteiger partial charge in [-0.1, -0.05) is 77.6 Å². The van der Waals surface area contributed by atoms with Crippen LogP contribution in [0.5, 0.6) is 0 Å². The monoisotopic (exact) mass is 284 g/mol. The molecule has 0 spiro atoms. The smallest absolute Gasteiger partial charge is 0.309 e. The van der Waals surface area contributed by atoms with Crippen LogP contribution in [-0.2, 0) is 10.1 Å². The fourth-order valence-corrected chi connectivity index (χ4v) is 2.51. The summed E-state index contributed by atoms with van der Waals surface area (Å²) in [6, 6.07) is 0. The molecule has 0 aromatic rings. The first-order chi connectivity index (χ1) is 8.56. The molecule has 0 fully saturated rings. The van der Waals surface area contributed by atoms with Crippen LogP contribution in [0.3, 0.4) is 0 Å². The Kier molecular flexibility index (Phi) is 17.1. The first-order valence-corrected chi connectivity index (χ1v) is 8.87. The summed E-state index contributed by atoms with van der Waals surface area (Å²) in [5, 5.41) is 0. The van der Waals surface area contributed by atoms with E-state index in [1.165, 1.54) is 57.8 Å². The largest absolute Gasteiger partial charge is 1.00 e. The van der Waals surface area contributed by atoms with E-state index in [-0.39, 0.29) is 18.9 Å². The second kappa shape index (κ2) is 14.9. The van der Waals surface area contributed by atoms with E-state index in [0.29, 0.717) is 6.42 Å². The molecule has 0 heterocycles. The minimum Gasteiger partial charge on any atom is -0.309 e. The first-order valence-electron chi connectivity index (χ1n) is 7.37. The van der Waals surface area contributed by atoms with Crippen LogP contribution in [0.1, 0.15) is 84.0 Å². The number of unbranched alkanes of at least 4 members (excludes halogenated alkanes) is 11. The van der Waals surface area contributed by atoms with Crippen molar-refractivity contribution >= 4 is 10.1 Å². The summed E-state index contributed by atoms with van der Waals surface area (Å²) in [7, 11) is -3.86. The second-order valence-electron chi connectivity index (χ2n) is 5.01. The van der Waals surface area contributed by atoms with Crippen LogP contribution >= 0.6 is 0 Å². The average molecular weight is 284 g/mol. The zero-order chi connectivity index (χ0) is 13.7. The van der Waals surface area contributed by atoms with Crippen molar-refractivity contribution in [3.63, 3.8) is 0 Å². The Hall–Kier alpha value is 0.507. The minimum atomic E-state index is -3.86. The number of hydrogen-bond donors (Lipinski definition) is 1. The van der Waals surface area contributed by atoms with Gasteiger partial charge in [-0.2, -0.15) is 12.2 Å². The zero-order valence-electron chi connectivity index (χ0n) is 12.7. The Morgan fingerprint density at radius 1 is 0.789 bits per heavy atom. The summed E-state index contributed by atoms with van der Waals surface area (Å²) in [4.78, 5) is 0. The molecular weight excluding hydrogens is 255 g/mol. The Balaban J connectivity index is 0. The summed E-state index contributed by atoms with van der Waals surface area (Å²) in [5.74, 6) is 1.00. The molecule has 0 aromatic heterocycles. The normalized spacial score (nSPS) is 11.3.